The van der Waals surface area contributed by atoms with Gasteiger partial charge in [0.05, 0.1) is 0 Å². The third kappa shape index (κ3) is 3.40. The van der Waals surface area contributed by atoms with Crippen LogP contribution in [-0.4, -0.2) is 32.9 Å². The lowest BCUT2D eigenvalue weighted by atomic mass is 10.1. The molecule has 0 radical (unpaired) electrons. The topological polar surface area (TPSA) is 56.3 Å². The van der Waals surface area contributed by atoms with Crippen LogP contribution in [0.3, 0.4) is 0 Å². The Kier molecular flexibility index (Phi) is 3.78. The maximum absolute atomic E-state index is 12.5. The van der Waals surface area contributed by atoms with Crippen LogP contribution in [0.5, 0.6) is 0 Å². The fourth-order valence-electron chi connectivity index (χ4n) is 1.22. The first kappa shape index (κ1) is 13.9. The normalized spacial score (nSPS) is 14.6. The first-order chi connectivity index (χ1) is 7.66. The van der Waals surface area contributed by atoms with Gasteiger partial charge in [-0.05, 0) is 6.07 Å². The number of rotatable bonds is 3. The van der Waals surface area contributed by atoms with Crippen LogP contribution in [-0.2, 0) is 14.6 Å². The van der Waals surface area contributed by atoms with E-state index in [1.807, 2.05) is 0 Å². The highest BCUT2D eigenvalue weighted by Gasteiger charge is 2.41. The molecule has 4 nitrogen and oxygen atoms in total. The van der Waals surface area contributed by atoms with Crippen molar-refractivity contribution >= 4 is 9.84 Å². The van der Waals surface area contributed by atoms with Gasteiger partial charge in [0, 0.05) is 25.1 Å². The molecule has 17 heavy (non-hydrogen) atoms. The van der Waals surface area contributed by atoms with Gasteiger partial charge in [0.25, 0.3) is 0 Å². The zero-order chi connectivity index (χ0) is 13.3. The minimum absolute atomic E-state index is 0.243. The van der Waals surface area contributed by atoms with Crippen molar-refractivity contribution < 1.29 is 26.3 Å². The Balaban J connectivity index is 3.10. The van der Waals surface area contributed by atoms with E-state index in [-0.39, 0.29) is 10.6 Å². The zero-order valence-corrected chi connectivity index (χ0v) is 9.84. The predicted octanol–water partition coefficient (Wildman–Crippen LogP) is 1.73. The van der Waals surface area contributed by atoms with Crippen LogP contribution in [0.1, 0.15) is 11.7 Å². The summed E-state index contributed by atoms with van der Waals surface area (Å²) in [5.41, 5.74) is -0.243. The van der Waals surface area contributed by atoms with Crippen molar-refractivity contribution in [3.8, 4) is 0 Å². The molecule has 0 aliphatic carbocycles. The summed E-state index contributed by atoms with van der Waals surface area (Å²) in [6, 6.07) is 2.05. The van der Waals surface area contributed by atoms with Gasteiger partial charge in [-0.1, -0.05) is 6.07 Å². The summed E-state index contributed by atoms with van der Waals surface area (Å²) in [7, 11) is -2.60. The van der Waals surface area contributed by atoms with Gasteiger partial charge in [0.2, 0.25) is 0 Å². The lowest BCUT2D eigenvalue weighted by Crippen LogP contribution is -2.22. The second kappa shape index (κ2) is 4.61. The molecule has 0 spiro atoms. The third-order valence-corrected chi connectivity index (χ3v) is 2.98. The van der Waals surface area contributed by atoms with Crippen LogP contribution in [0.4, 0.5) is 13.2 Å². The number of halogens is 3. The van der Waals surface area contributed by atoms with Gasteiger partial charge in [-0.15, -0.1) is 0 Å². The van der Waals surface area contributed by atoms with E-state index in [4.69, 9.17) is 0 Å². The molecule has 8 heteroatoms. The molecular formula is C9H10F3NO3S. The summed E-state index contributed by atoms with van der Waals surface area (Å²) in [5.74, 6) is 0. The number of pyridine rings is 1. The average molecular weight is 269 g/mol. The number of aromatic nitrogens is 1. The molecule has 1 rings (SSSR count). The fourth-order valence-corrected chi connectivity index (χ4v) is 1.78. The molecule has 1 aromatic heterocycles. The number of sulfone groups is 1. The van der Waals surface area contributed by atoms with Crippen molar-refractivity contribution in [1.82, 2.24) is 4.98 Å². The third-order valence-electron chi connectivity index (χ3n) is 1.97. The highest BCUT2D eigenvalue weighted by Crippen LogP contribution is 2.34. The number of hydrogen-bond donors (Lipinski definition) is 0. The number of nitrogens with zero attached hydrogens (tertiary/aromatic N) is 1. The van der Waals surface area contributed by atoms with Gasteiger partial charge >= 0.3 is 6.18 Å². The molecule has 0 fully saturated rings. The van der Waals surface area contributed by atoms with Gasteiger partial charge < -0.3 is 4.74 Å². The second-order valence-corrected chi connectivity index (χ2v) is 5.32. The molecule has 1 atom stereocenters. The molecule has 0 aliphatic rings. The van der Waals surface area contributed by atoms with Crippen molar-refractivity contribution in [2.24, 2.45) is 0 Å². The molecule has 0 N–H and O–H groups in total. The van der Waals surface area contributed by atoms with Crippen LogP contribution < -0.4 is 0 Å². The first-order valence-corrected chi connectivity index (χ1v) is 6.31. The molecular weight excluding hydrogens is 259 g/mol. The highest BCUT2D eigenvalue weighted by molar-refractivity contribution is 7.90. The molecule has 0 amide bonds. The van der Waals surface area contributed by atoms with E-state index in [1.165, 1.54) is 0 Å². The lowest BCUT2D eigenvalue weighted by Gasteiger charge is -2.18. The Morgan fingerprint density at radius 2 is 1.94 bits per heavy atom. The zero-order valence-electron chi connectivity index (χ0n) is 9.02. The Labute approximate surface area is 96.3 Å². The van der Waals surface area contributed by atoms with E-state index in [0.29, 0.717) is 0 Å². The van der Waals surface area contributed by atoms with Crippen LogP contribution in [0.15, 0.2) is 23.4 Å². The van der Waals surface area contributed by atoms with Crippen LogP contribution in [0, 0.1) is 0 Å². The smallest absolute Gasteiger partial charge is 0.367 e. The molecule has 0 bridgehead atoms. The summed E-state index contributed by atoms with van der Waals surface area (Å²) in [4.78, 5) is 3.46. The molecule has 0 saturated heterocycles. The van der Waals surface area contributed by atoms with E-state index >= 15 is 0 Å². The highest BCUT2D eigenvalue weighted by atomic mass is 32.2. The van der Waals surface area contributed by atoms with Crippen LogP contribution >= 0.6 is 0 Å². The van der Waals surface area contributed by atoms with E-state index in [9.17, 15) is 21.6 Å². The monoisotopic (exact) mass is 269 g/mol. The first-order valence-electron chi connectivity index (χ1n) is 4.42. The minimum Gasteiger partial charge on any atom is -0.367 e. The van der Waals surface area contributed by atoms with Crippen molar-refractivity contribution in [3.05, 3.63) is 23.9 Å². The largest absolute Gasteiger partial charge is 0.418 e. The molecule has 0 aliphatic heterocycles. The van der Waals surface area contributed by atoms with Crippen LogP contribution in [0.25, 0.3) is 0 Å². The maximum Gasteiger partial charge on any atom is 0.418 e. The van der Waals surface area contributed by atoms with Crippen molar-refractivity contribution in [3.63, 3.8) is 0 Å². The number of alkyl halides is 3. The van der Waals surface area contributed by atoms with E-state index in [0.717, 1.165) is 31.7 Å². The molecule has 0 saturated carbocycles. The van der Waals surface area contributed by atoms with E-state index in [1.54, 1.807) is 0 Å². The molecule has 1 unspecified atom stereocenters. The van der Waals surface area contributed by atoms with Crippen molar-refractivity contribution in [1.29, 1.82) is 0 Å². The van der Waals surface area contributed by atoms with Crippen molar-refractivity contribution in [2.75, 3.05) is 13.4 Å². The Morgan fingerprint density at radius 1 is 1.35 bits per heavy atom. The minimum atomic E-state index is -4.57. The molecule has 1 aromatic rings. The molecule has 1 heterocycles. The Hall–Kier alpha value is -1.15. The standard InChI is InChI=1S/C9H10F3NO3S/c1-16-8(9(10,11)12)6-3-4-7(13-5-6)17(2,14)15/h3-5,8H,1-2H3. The number of hydrogen-bond acceptors (Lipinski definition) is 4. The summed E-state index contributed by atoms with van der Waals surface area (Å²) in [6.07, 6.45) is -4.91. The predicted molar refractivity (Wildman–Crippen MR) is 53.2 cm³/mol. The van der Waals surface area contributed by atoms with E-state index < -0.39 is 22.1 Å². The Morgan fingerprint density at radius 3 is 2.24 bits per heavy atom. The van der Waals surface area contributed by atoms with Gasteiger partial charge in [-0.3, -0.25) is 0 Å². The van der Waals surface area contributed by atoms with Gasteiger partial charge in [-0.2, -0.15) is 13.2 Å². The van der Waals surface area contributed by atoms with Crippen molar-refractivity contribution in [2.45, 2.75) is 17.3 Å². The average Bonchev–Trinajstić information content (AvgIpc) is 2.16. The quantitative estimate of drug-likeness (QED) is 0.838. The maximum atomic E-state index is 12.5. The summed E-state index contributed by atoms with van der Waals surface area (Å²) in [6.45, 7) is 0. The van der Waals surface area contributed by atoms with Gasteiger partial charge in [0.15, 0.2) is 21.0 Å². The Bertz CT molecular complexity index is 481. The summed E-state index contributed by atoms with van der Waals surface area (Å²) < 4.78 is 63.8. The molecule has 96 valence electrons. The number of methoxy groups -OCH3 is 1. The SMILES string of the molecule is COC(c1ccc(S(C)(=O)=O)nc1)C(F)(F)F. The fraction of sp³-hybridized carbons (Fsp3) is 0.444. The lowest BCUT2D eigenvalue weighted by molar-refractivity contribution is -0.216. The second-order valence-electron chi connectivity index (χ2n) is 3.36. The number of ether oxygens (including phenoxy) is 1. The van der Waals surface area contributed by atoms with Gasteiger partial charge in [-0.25, -0.2) is 13.4 Å². The summed E-state index contributed by atoms with van der Waals surface area (Å²) in [5, 5.41) is -0.279. The van der Waals surface area contributed by atoms with Crippen LogP contribution in [0.2, 0.25) is 0 Å². The summed E-state index contributed by atoms with van der Waals surface area (Å²) >= 11 is 0. The molecule has 0 aromatic carbocycles. The van der Waals surface area contributed by atoms with E-state index in [2.05, 4.69) is 9.72 Å². The van der Waals surface area contributed by atoms with Gasteiger partial charge in [0.1, 0.15) is 0 Å².